The molecule has 0 spiro atoms. The number of sulfonamides is 1. The van der Waals surface area contributed by atoms with Gasteiger partial charge in [-0.25, -0.2) is 12.8 Å². The number of halogens is 2. The Hall–Kier alpha value is -2.65. The lowest BCUT2D eigenvalue weighted by Gasteiger charge is -2.31. The molecule has 10 heteroatoms. The van der Waals surface area contributed by atoms with E-state index in [1.165, 1.54) is 21.3 Å². The quantitative estimate of drug-likeness (QED) is 0.448. The molecule has 35 heavy (non-hydrogen) atoms. The summed E-state index contributed by atoms with van der Waals surface area (Å²) in [5, 5.41) is 3.17. The molecule has 2 aromatic carbocycles. The zero-order valence-electron chi connectivity index (χ0n) is 20.6. The second-order valence-corrected chi connectivity index (χ2v) is 10.7. The fraction of sp³-hybridized carbons (Fsp3) is 0.440. The van der Waals surface area contributed by atoms with Gasteiger partial charge in [-0.2, -0.15) is 0 Å². The molecule has 0 aliphatic rings. The molecule has 2 aromatic rings. The number of likely N-dealkylation sites (N-methyl/N-ethyl adjacent to an activating group) is 1. The number of carbonyl (C=O) groups is 2. The summed E-state index contributed by atoms with van der Waals surface area (Å²) < 4.78 is 39.6. The molecule has 2 amide bonds. The van der Waals surface area contributed by atoms with Crippen LogP contribution in [0.3, 0.4) is 0 Å². The van der Waals surface area contributed by atoms with Crippen molar-refractivity contribution < 1.29 is 22.4 Å². The first-order valence-electron chi connectivity index (χ1n) is 11.5. The number of hydrogen-bond acceptors (Lipinski definition) is 4. The molecule has 2 rings (SSSR count). The second kappa shape index (κ2) is 12.9. The van der Waals surface area contributed by atoms with Crippen LogP contribution in [0.1, 0.15) is 44.2 Å². The molecular weight excluding hydrogens is 493 g/mol. The predicted octanol–water partition coefficient (Wildman–Crippen LogP) is 4.28. The highest BCUT2D eigenvalue weighted by atomic mass is 35.5. The van der Waals surface area contributed by atoms with Crippen molar-refractivity contribution in [2.24, 2.45) is 0 Å². The highest BCUT2D eigenvalue weighted by Gasteiger charge is 2.28. The fourth-order valence-corrected chi connectivity index (χ4v) is 5.01. The molecule has 0 fully saturated rings. The van der Waals surface area contributed by atoms with Crippen LogP contribution in [0.4, 0.5) is 10.1 Å². The van der Waals surface area contributed by atoms with E-state index in [1.54, 1.807) is 44.2 Å². The Morgan fingerprint density at radius 1 is 1.11 bits per heavy atom. The predicted molar refractivity (Wildman–Crippen MR) is 137 cm³/mol. The molecule has 0 bridgehead atoms. The van der Waals surface area contributed by atoms with Gasteiger partial charge in [0.15, 0.2) is 0 Å². The average molecular weight is 526 g/mol. The van der Waals surface area contributed by atoms with Crippen LogP contribution in [0.2, 0.25) is 5.02 Å². The molecule has 0 saturated heterocycles. The van der Waals surface area contributed by atoms with Gasteiger partial charge in [-0.05, 0) is 62.1 Å². The van der Waals surface area contributed by atoms with E-state index in [1.807, 2.05) is 6.92 Å². The van der Waals surface area contributed by atoms with Crippen molar-refractivity contribution in [1.82, 2.24) is 10.2 Å². The van der Waals surface area contributed by atoms with Gasteiger partial charge in [-0.1, -0.05) is 36.7 Å². The van der Waals surface area contributed by atoms with Crippen LogP contribution >= 0.6 is 11.6 Å². The molecule has 7 nitrogen and oxygen atoms in total. The minimum atomic E-state index is -3.62. The van der Waals surface area contributed by atoms with E-state index in [4.69, 9.17) is 11.6 Å². The third-order valence-corrected chi connectivity index (χ3v) is 7.01. The third-order valence-electron chi connectivity index (χ3n) is 5.60. The molecule has 0 radical (unpaired) electrons. The largest absolute Gasteiger partial charge is 0.355 e. The number of nitrogens with zero attached hydrogens (tertiary/aromatic N) is 2. The highest BCUT2D eigenvalue weighted by Crippen LogP contribution is 2.27. The van der Waals surface area contributed by atoms with Crippen LogP contribution in [0.15, 0.2) is 42.5 Å². The standard InChI is InChI=1S/C25H33ClFN3O4S/c1-5-22(25(32)28-6-2)29(17-19-10-13-21(27)14-11-19)24(31)8-7-15-30(35(4,33)34)23-16-20(26)12-9-18(23)3/h9-14,16,22H,5-8,15,17H2,1-4H3,(H,28,32)/t22-/m1/s1. The lowest BCUT2D eigenvalue weighted by atomic mass is 10.1. The Labute approximate surface area is 212 Å². The monoisotopic (exact) mass is 525 g/mol. The van der Waals surface area contributed by atoms with E-state index in [2.05, 4.69) is 5.32 Å². The molecule has 1 N–H and O–H groups in total. The topological polar surface area (TPSA) is 86.8 Å². The van der Waals surface area contributed by atoms with Gasteiger partial charge >= 0.3 is 0 Å². The average Bonchev–Trinajstić information content (AvgIpc) is 2.79. The molecular formula is C25H33ClFN3O4S. The van der Waals surface area contributed by atoms with Crippen LogP contribution < -0.4 is 9.62 Å². The fourth-order valence-electron chi connectivity index (χ4n) is 3.83. The number of rotatable bonds is 12. The summed E-state index contributed by atoms with van der Waals surface area (Å²) in [6.45, 7) is 6.05. The van der Waals surface area contributed by atoms with Crippen molar-refractivity contribution in [3.63, 3.8) is 0 Å². The third kappa shape index (κ3) is 8.21. The van der Waals surface area contributed by atoms with Crippen molar-refractivity contribution in [3.05, 3.63) is 64.4 Å². The smallest absolute Gasteiger partial charge is 0.242 e. The maximum Gasteiger partial charge on any atom is 0.242 e. The minimum Gasteiger partial charge on any atom is -0.355 e. The van der Waals surface area contributed by atoms with Gasteiger partial charge in [0.05, 0.1) is 11.9 Å². The van der Waals surface area contributed by atoms with E-state index in [-0.39, 0.29) is 43.6 Å². The van der Waals surface area contributed by atoms with Crippen LogP contribution in [-0.4, -0.2) is 50.5 Å². The Bertz CT molecular complexity index is 1130. The minimum absolute atomic E-state index is 0.0305. The first-order chi connectivity index (χ1) is 16.5. The SMILES string of the molecule is CCNC(=O)[C@@H](CC)N(Cc1ccc(F)cc1)C(=O)CCCN(c1cc(Cl)ccc1C)S(C)(=O)=O. The van der Waals surface area contributed by atoms with Crippen molar-refractivity contribution in [1.29, 1.82) is 0 Å². The van der Waals surface area contributed by atoms with Gasteiger partial charge in [-0.15, -0.1) is 0 Å². The van der Waals surface area contributed by atoms with Crippen LogP contribution in [-0.2, 0) is 26.2 Å². The summed E-state index contributed by atoms with van der Waals surface area (Å²) in [5.74, 6) is -0.943. The molecule has 1 atom stereocenters. The van der Waals surface area contributed by atoms with E-state index in [0.717, 1.165) is 11.8 Å². The Kier molecular flexibility index (Phi) is 10.5. The first-order valence-corrected chi connectivity index (χ1v) is 13.8. The van der Waals surface area contributed by atoms with Crippen LogP contribution in [0.25, 0.3) is 0 Å². The van der Waals surface area contributed by atoms with Gasteiger partial charge in [0.2, 0.25) is 21.8 Å². The molecule has 0 unspecified atom stereocenters. The summed E-state index contributed by atoms with van der Waals surface area (Å²) in [6.07, 6.45) is 1.78. The number of benzene rings is 2. The lowest BCUT2D eigenvalue weighted by Crippen LogP contribution is -2.49. The molecule has 0 aliphatic heterocycles. The van der Waals surface area contributed by atoms with Crippen molar-refractivity contribution in [2.45, 2.75) is 52.6 Å². The summed E-state index contributed by atoms with van der Waals surface area (Å²) in [4.78, 5) is 27.4. The van der Waals surface area contributed by atoms with E-state index < -0.39 is 16.1 Å². The van der Waals surface area contributed by atoms with E-state index >= 15 is 0 Å². The Morgan fingerprint density at radius 3 is 2.34 bits per heavy atom. The van der Waals surface area contributed by atoms with Crippen LogP contribution in [0.5, 0.6) is 0 Å². The number of nitrogens with one attached hydrogen (secondary N) is 1. The van der Waals surface area contributed by atoms with Crippen LogP contribution in [0, 0.1) is 12.7 Å². The first kappa shape index (κ1) is 28.6. The molecule has 0 heterocycles. The maximum absolute atomic E-state index is 13.4. The van der Waals surface area contributed by atoms with Gasteiger partial charge < -0.3 is 10.2 Å². The molecule has 0 saturated carbocycles. The summed E-state index contributed by atoms with van der Waals surface area (Å²) in [7, 11) is -3.62. The summed E-state index contributed by atoms with van der Waals surface area (Å²) in [5.41, 5.74) is 1.89. The Morgan fingerprint density at radius 2 is 1.77 bits per heavy atom. The highest BCUT2D eigenvalue weighted by molar-refractivity contribution is 7.92. The molecule has 0 aliphatic carbocycles. The number of hydrogen-bond donors (Lipinski definition) is 1. The van der Waals surface area contributed by atoms with Gasteiger partial charge in [-0.3, -0.25) is 13.9 Å². The number of aryl methyl sites for hydroxylation is 1. The van der Waals surface area contributed by atoms with Crippen molar-refractivity contribution in [3.8, 4) is 0 Å². The number of amides is 2. The summed E-state index contributed by atoms with van der Waals surface area (Å²) >= 11 is 6.09. The second-order valence-electron chi connectivity index (χ2n) is 8.34. The maximum atomic E-state index is 13.4. The number of anilines is 1. The molecule has 192 valence electrons. The summed E-state index contributed by atoms with van der Waals surface area (Å²) in [6, 6.07) is 10.1. The zero-order valence-corrected chi connectivity index (χ0v) is 22.1. The molecule has 0 aromatic heterocycles. The lowest BCUT2D eigenvalue weighted by molar-refractivity contribution is -0.141. The van der Waals surface area contributed by atoms with E-state index in [0.29, 0.717) is 29.2 Å². The van der Waals surface area contributed by atoms with Crippen molar-refractivity contribution in [2.75, 3.05) is 23.7 Å². The Balaban J connectivity index is 2.23. The van der Waals surface area contributed by atoms with Gasteiger partial charge in [0.1, 0.15) is 11.9 Å². The van der Waals surface area contributed by atoms with E-state index in [9.17, 15) is 22.4 Å². The number of carbonyl (C=O) groups excluding carboxylic acids is 2. The van der Waals surface area contributed by atoms with Crippen molar-refractivity contribution >= 4 is 39.1 Å². The normalized spacial score (nSPS) is 12.2. The zero-order chi connectivity index (χ0) is 26.2. The van der Waals surface area contributed by atoms with Gasteiger partial charge in [0, 0.05) is 31.1 Å². The van der Waals surface area contributed by atoms with Gasteiger partial charge in [0.25, 0.3) is 0 Å².